The summed E-state index contributed by atoms with van der Waals surface area (Å²) >= 11 is 0. The predicted octanol–water partition coefficient (Wildman–Crippen LogP) is 0.458. The van der Waals surface area contributed by atoms with Gasteiger partial charge in [0, 0.05) is 23.4 Å². The number of phenolic OH excluding ortho intramolecular Hbond substituents is 1. The van der Waals surface area contributed by atoms with E-state index in [-0.39, 0.29) is 23.3 Å². The second-order valence-corrected chi connectivity index (χ2v) is 4.51. The maximum absolute atomic E-state index is 11.8. The normalized spacial score (nSPS) is 21.6. The van der Waals surface area contributed by atoms with Crippen LogP contribution in [0.15, 0.2) is 21.3 Å². The van der Waals surface area contributed by atoms with E-state index >= 15 is 0 Å². The van der Waals surface area contributed by atoms with Crippen LogP contribution in [0.25, 0.3) is 10.8 Å². The summed E-state index contributed by atoms with van der Waals surface area (Å²) in [6.07, 6.45) is -2.09. The van der Waals surface area contributed by atoms with Crippen molar-refractivity contribution in [3.05, 3.63) is 33.9 Å². The highest BCUT2D eigenvalue weighted by Crippen LogP contribution is 2.39. The van der Waals surface area contributed by atoms with Gasteiger partial charge >= 0.3 is 5.63 Å². The number of aliphatic hydroxyl groups is 2. The standard InChI is InChI=1S/C13H12O6/c1-18-5-2-6-10(7(14)3-5)13(17)19-9-4-8(15)12(16)11(6)9/h2-3,8,12,14-16H,4H2,1H3/t8-,12+/m1/s1. The highest BCUT2D eigenvalue weighted by molar-refractivity contribution is 5.92. The molecule has 1 heterocycles. The Hall–Kier alpha value is -2.05. The van der Waals surface area contributed by atoms with Gasteiger partial charge in [-0.25, -0.2) is 4.79 Å². The molecule has 1 aliphatic carbocycles. The fraction of sp³-hybridized carbons (Fsp3) is 0.308. The first-order valence-electron chi connectivity index (χ1n) is 5.75. The first kappa shape index (κ1) is 12.0. The van der Waals surface area contributed by atoms with Crippen molar-refractivity contribution < 1.29 is 24.5 Å². The van der Waals surface area contributed by atoms with E-state index in [1.807, 2.05) is 0 Å². The molecule has 0 unspecified atom stereocenters. The number of methoxy groups -OCH3 is 1. The van der Waals surface area contributed by atoms with Crippen LogP contribution in [0.4, 0.5) is 0 Å². The van der Waals surface area contributed by atoms with Crippen LogP contribution in [-0.2, 0) is 6.42 Å². The quantitative estimate of drug-likeness (QED) is 0.691. The Morgan fingerprint density at radius 2 is 2.11 bits per heavy atom. The summed E-state index contributed by atoms with van der Waals surface area (Å²) in [7, 11) is 1.43. The van der Waals surface area contributed by atoms with E-state index in [0.717, 1.165) is 0 Å². The lowest BCUT2D eigenvalue weighted by Crippen LogP contribution is -2.12. The van der Waals surface area contributed by atoms with E-state index in [0.29, 0.717) is 16.7 Å². The van der Waals surface area contributed by atoms with Gasteiger partial charge in [0.15, 0.2) is 0 Å². The van der Waals surface area contributed by atoms with Gasteiger partial charge in [-0.2, -0.15) is 0 Å². The molecule has 3 N–H and O–H groups in total. The summed E-state index contributed by atoms with van der Waals surface area (Å²) in [6.45, 7) is 0. The second-order valence-electron chi connectivity index (χ2n) is 4.51. The van der Waals surface area contributed by atoms with Gasteiger partial charge in [0.1, 0.15) is 28.7 Å². The van der Waals surface area contributed by atoms with Crippen LogP contribution in [0.3, 0.4) is 0 Å². The largest absolute Gasteiger partial charge is 0.507 e. The number of aromatic hydroxyl groups is 1. The first-order chi connectivity index (χ1) is 9.02. The number of ether oxygens (including phenoxy) is 1. The Morgan fingerprint density at radius 3 is 2.79 bits per heavy atom. The van der Waals surface area contributed by atoms with Crippen molar-refractivity contribution in [2.75, 3.05) is 7.11 Å². The fourth-order valence-electron chi connectivity index (χ4n) is 2.48. The molecule has 19 heavy (non-hydrogen) atoms. The van der Waals surface area contributed by atoms with Crippen molar-refractivity contribution in [1.29, 1.82) is 0 Å². The lowest BCUT2D eigenvalue weighted by Gasteiger charge is -2.11. The topological polar surface area (TPSA) is 100 Å². The first-order valence-corrected chi connectivity index (χ1v) is 5.75. The molecule has 1 aromatic heterocycles. The number of rotatable bonds is 1. The molecule has 0 bridgehead atoms. The monoisotopic (exact) mass is 264 g/mol. The number of hydrogen-bond donors (Lipinski definition) is 3. The van der Waals surface area contributed by atoms with E-state index in [1.54, 1.807) is 0 Å². The average Bonchev–Trinajstić information content (AvgIpc) is 2.64. The highest BCUT2D eigenvalue weighted by Gasteiger charge is 2.34. The Morgan fingerprint density at radius 1 is 1.37 bits per heavy atom. The Balaban J connectivity index is 2.45. The number of phenols is 1. The van der Waals surface area contributed by atoms with Crippen LogP contribution in [-0.4, -0.2) is 28.5 Å². The molecule has 0 saturated heterocycles. The van der Waals surface area contributed by atoms with Crippen LogP contribution in [0, 0.1) is 0 Å². The van der Waals surface area contributed by atoms with Crippen LogP contribution in [0.5, 0.6) is 11.5 Å². The molecule has 1 aliphatic rings. The Bertz CT molecular complexity index is 717. The van der Waals surface area contributed by atoms with Gasteiger partial charge < -0.3 is 24.5 Å². The minimum atomic E-state index is -1.15. The van der Waals surface area contributed by atoms with Gasteiger partial charge in [0.2, 0.25) is 0 Å². The third-order valence-corrected chi connectivity index (χ3v) is 3.39. The number of aliphatic hydroxyl groups excluding tert-OH is 2. The van der Waals surface area contributed by atoms with E-state index in [2.05, 4.69) is 0 Å². The molecule has 0 fully saturated rings. The summed E-state index contributed by atoms with van der Waals surface area (Å²) in [5.41, 5.74) is -0.369. The highest BCUT2D eigenvalue weighted by atomic mass is 16.5. The number of hydrogen-bond acceptors (Lipinski definition) is 6. The summed E-state index contributed by atoms with van der Waals surface area (Å²) in [5, 5.41) is 29.8. The van der Waals surface area contributed by atoms with Crippen molar-refractivity contribution in [2.24, 2.45) is 0 Å². The molecule has 2 aromatic rings. The predicted molar refractivity (Wildman–Crippen MR) is 65.4 cm³/mol. The molecule has 0 saturated carbocycles. The summed E-state index contributed by atoms with van der Waals surface area (Å²) in [4.78, 5) is 11.8. The van der Waals surface area contributed by atoms with Crippen LogP contribution >= 0.6 is 0 Å². The molecular weight excluding hydrogens is 252 g/mol. The molecule has 100 valence electrons. The number of benzene rings is 1. The summed E-state index contributed by atoms with van der Waals surface area (Å²) in [6, 6.07) is 2.83. The Kier molecular flexibility index (Phi) is 2.51. The summed E-state index contributed by atoms with van der Waals surface area (Å²) in [5.74, 6) is 0.316. The second kappa shape index (κ2) is 3.97. The average molecular weight is 264 g/mol. The zero-order valence-corrected chi connectivity index (χ0v) is 10.1. The van der Waals surface area contributed by atoms with Crippen molar-refractivity contribution in [3.8, 4) is 11.5 Å². The molecule has 6 nitrogen and oxygen atoms in total. The molecule has 2 atom stereocenters. The van der Waals surface area contributed by atoms with Gasteiger partial charge in [0.05, 0.1) is 13.2 Å². The van der Waals surface area contributed by atoms with Gasteiger partial charge in [-0.3, -0.25) is 0 Å². The zero-order chi connectivity index (χ0) is 13.7. The van der Waals surface area contributed by atoms with E-state index in [4.69, 9.17) is 9.15 Å². The lowest BCUT2D eigenvalue weighted by molar-refractivity contribution is 0.0328. The van der Waals surface area contributed by atoms with Gasteiger partial charge in [-0.05, 0) is 6.07 Å². The smallest absolute Gasteiger partial charge is 0.347 e. The maximum Gasteiger partial charge on any atom is 0.347 e. The molecule has 6 heteroatoms. The van der Waals surface area contributed by atoms with Crippen LogP contribution in [0.1, 0.15) is 17.4 Å². The van der Waals surface area contributed by atoms with E-state index < -0.39 is 17.8 Å². The SMILES string of the molecule is COc1cc(O)c2c(=O)oc3c(c2c1)[C@@H](O)[C@H](O)C3. The van der Waals surface area contributed by atoms with Crippen LogP contribution < -0.4 is 10.4 Å². The minimum absolute atomic E-state index is 0.0206. The van der Waals surface area contributed by atoms with E-state index in [9.17, 15) is 20.1 Å². The van der Waals surface area contributed by atoms with Crippen molar-refractivity contribution >= 4 is 10.8 Å². The molecule has 0 spiro atoms. The minimum Gasteiger partial charge on any atom is -0.507 e. The number of fused-ring (bicyclic) bond motifs is 3. The van der Waals surface area contributed by atoms with Crippen molar-refractivity contribution in [1.82, 2.24) is 0 Å². The van der Waals surface area contributed by atoms with Crippen molar-refractivity contribution in [3.63, 3.8) is 0 Å². The molecular formula is C13H12O6. The van der Waals surface area contributed by atoms with Crippen LogP contribution in [0.2, 0.25) is 0 Å². The fourth-order valence-corrected chi connectivity index (χ4v) is 2.48. The molecule has 0 aliphatic heterocycles. The molecule has 3 rings (SSSR count). The van der Waals surface area contributed by atoms with Gasteiger partial charge in [-0.1, -0.05) is 0 Å². The lowest BCUT2D eigenvalue weighted by atomic mass is 10.0. The third-order valence-electron chi connectivity index (χ3n) is 3.39. The zero-order valence-electron chi connectivity index (χ0n) is 10.1. The molecule has 0 radical (unpaired) electrons. The summed E-state index contributed by atoms with van der Waals surface area (Å²) < 4.78 is 10.1. The third kappa shape index (κ3) is 1.61. The van der Waals surface area contributed by atoms with E-state index in [1.165, 1.54) is 19.2 Å². The molecule has 0 amide bonds. The van der Waals surface area contributed by atoms with Gasteiger partial charge in [0.25, 0.3) is 0 Å². The molecule has 1 aromatic carbocycles. The Labute approximate surface area is 107 Å². The maximum atomic E-state index is 11.8. The van der Waals surface area contributed by atoms with Gasteiger partial charge in [-0.15, -0.1) is 0 Å². The van der Waals surface area contributed by atoms with Crippen molar-refractivity contribution in [2.45, 2.75) is 18.6 Å².